The van der Waals surface area contributed by atoms with Crippen molar-refractivity contribution in [2.45, 2.75) is 38.7 Å². The van der Waals surface area contributed by atoms with E-state index in [0.717, 1.165) is 13.1 Å². The number of rotatable bonds is 6. The normalized spacial score (nSPS) is 22.3. The Bertz CT molecular complexity index is 753. The molecule has 1 N–H and O–H groups in total. The minimum atomic E-state index is -0.570. The first-order chi connectivity index (χ1) is 12.4. The van der Waals surface area contributed by atoms with Gasteiger partial charge in [0.1, 0.15) is 5.82 Å². The molecule has 1 aromatic heterocycles. The number of β-amino-alcohol motifs (C(OH)–C–C–N with tert-alkyl or cyclic N) is 1. The van der Waals surface area contributed by atoms with Crippen molar-refractivity contribution in [3.8, 4) is 11.4 Å². The van der Waals surface area contributed by atoms with Crippen LogP contribution in [-0.4, -0.2) is 62.4 Å². The fourth-order valence-corrected chi connectivity index (χ4v) is 3.49. The largest absolute Gasteiger partial charge is 0.390 e. The molecule has 1 aromatic carbocycles. The lowest BCUT2D eigenvalue weighted by molar-refractivity contribution is -0.384. The molecule has 0 amide bonds. The smallest absolute Gasteiger partial charge is 0.270 e. The predicted octanol–water partition coefficient (Wildman–Crippen LogP) is 1.93. The molecule has 1 fully saturated rings. The summed E-state index contributed by atoms with van der Waals surface area (Å²) in [5, 5.41) is 21.5. The lowest BCUT2D eigenvalue weighted by Gasteiger charge is -2.36. The number of nitro benzene ring substituents is 1. The zero-order chi connectivity index (χ0) is 18.7. The molecule has 2 aromatic rings. The zero-order valence-electron chi connectivity index (χ0n) is 15.0. The molecule has 0 unspecified atom stereocenters. The van der Waals surface area contributed by atoms with Crippen molar-refractivity contribution in [2.24, 2.45) is 0 Å². The van der Waals surface area contributed by atoms with Gasteiger partial charge in [0.15, 0.2) is 0 Å². The summed E-state index contributed by atoms with van der Waals surface area (Å²) in [6.45, 7) is 6.57. The van der Waals surface area contributed by atoms with Gasteiger partial charge in [0.25, 0.3) is 5.69 Å². The van der Waals surface area contributed by atoms with E-state index in [2.05, 4.69) is 9.88 Å². The maximum atomic E-state index is 11.0. The maximum Gasteiger partial charge on any atom is 0.270 e. The Balaban J connectivity index is 1.69. The standard InChI is InChI=1S/C18H24N4O4/c1-13-9-20(10-14(2)26-13)11-17(23)12-21-7-6-19-18(21)15-4-3-5-16(8-15)22(24)25/h3-8,13-14,17,23H,9-12H2,1-2H3/t13-,14+,17-/m0/s1. The van der Waals surface area contributed by atoms with E-state index in [1.165, 1.54) is 12.1 Å². The second-order valence-corrected chi connectivity index (χ2v) is 6.84. The van der Waals surface area contributed by atoms with Crippen molar-refractivity contribution in [2.75, 3.05) is 19.6 Å². The number of benzene rings is 1. The molecular weight excluding hydrogens is 336 g/mol. The quantitative estimate of drug-likeness (QED) is 0.625. The van der Waals surface area contributed by atoms with Gasteiger partial charge in [-0.1, -0.05) is 12.1 Å². The number of nitro groups is 1. The highest BCUT2D eigenvalue weighted by molar-refractivity contribution is 5.59. The van der Waals surface area contributed by atoms with Gasteiger partial charge in [-0.3, -0.25) is 15.0 Å². The third-order valence-electron chi connectivity index (χ3n) is 4.40. The SMILES string of the molecule is C[C@@H]1CN(C[C@H](O)Cn2ccnc2-c2cccc([N+](=O)[O-])c2)C[C@H](C)O1. The van der Waals surface area contributed by atoms with Gasteiger partial charge in [0.2, 0.25) is 0 Å². The van der Waals surface area contributed by atoms with Crippen LogP contribution < -0.4 is 0 Å². The fourth-order valence-electron chi connectivity index (χ4n) is 3.49. The molecule has 2 heterocycles. The molecule has 0 aliphatic carbocycles. The Morgan fingerprint density at radius 3 is 2.77 bits per heavy atom. The zero-order valence-corrected chi connectivity index (χ0v) is 15.0. The third kappa shape index (κ3) is 4.46. The van der Waals surface area contributed by atoms with Gasteiger partial charge in [-0.25, -0.2) is 4.98 Å². The molecule has 0 bridgehead atoms. The highest BCUT2D eigenvalue weighted by Crippen LogP contribution is 2.23. The van der Waals surface area contributed by atoms with E-state index in [0.29, 0.717) is 24.5 Å². The van der Waals surface area contributed by atoms with Crippen LogP contribution >= 0.6 is 0 Å². The number of aliphatic hydroxyl groups excluding tert-OH is 1. The van der Waals surface area contributed by atoms with Crippen LogP contribution in [-0.2, 0) is 11.3 Å². The first-order valence-electron chi connectivity index (χ1n) is 8.74. The van der Waals surface area contributed by atoms with E-state index in [4.69, 9.17) is 4.74 Å². The lowest BCUT2D eigenvalue weighted by Crippen LogP contribution is -2.48. The summed E-state index contributed by atoms with van der Waals surface area (Å²) in [6.07, 6.45) is 3.15. The molecule has 0 spiro atoms. The van der Waals surface area contributed by atoms with E-state index in [1.54, 1.807) is 24.5 Å². The highest BCUT2D eigenvalue weighted by atomic mass is 16.6. The van der Waals surface area contributed by atoms with E-state index in [9.17, 15) is 15.2 Å². The molecule has 1 aliphatic heterocycles. The molecule has 8 heteroatoms. The summed E-state index contributed by atoms with van der Waals surface area (Å²) in [5.74, 6) is 0.608. The topological polar surface area (TPSA) is 93.7 Å². The number of aliphatic hydroxyl groups is 1. The molecular formula is C18H24N4O4. The summed E-state index contributed by atoms with van der Waals surface area (Å²) < 4.78 is 7.55. The van der Waals surface area contributed by atoms with Gasteiger partial charge in [-0.2, -0.15) is 0 Å². The van der Waals surface area contributed by atoms with Crippen molar-refractivity contribution < 1.29 is 14.8 Å². The maximum absolute atomic E-state index is 11.0. The average Bonchev–Trinajstić information content (AvgIpc) is 3.01. The van der Waals surface area contributed by atoms with Crippen LogP contribution in [0.3, 0.4) is 0 Å². The Kier molecular flexibility index (Phi) is 5.65. The summed E-state index contributed by atoms with van der Waals surface area (Å²) in [7, 11) is 0. The van der Waals surface area contributed by atoms with E-state index in [1.807, 2.05) is 18.4 Å². The lowest BCUT2D eigenvalue weighted by atomic mass is 10.2. The molecule has 140 valence electrons. The second-order valence-electron chi connectivity index (χ2n) is 6.84. The summed E-state index contributed by atoms with van der Waals surface area (Å²) >= 11 is 0. The minimum Gasteiger partial charge on any atom is -0.390 e. The molecule has 0 saturated carbocycles. The number of hydrogen-bond donors (Lipinski definition) is 1. The van der Waals surface area contributed by atoms with E-state index < -0.39 is 11.0 Å². The summed E-state index contributed by atoms with van der Waals surface area (Å²) in [4.78, 5) is 17.1. The van der Waals surface area contributed by atoms with Crippen molar-refractivity contribution in [3.63, 3.8) is 0 Å². The number of non-ortho nitro benzene ring substituents is 1. The Morgan fingerprint density at radius 1 is 1.35 bits per heavy atom. The number of aromatic nitrogens is 2. The van der Waals surface area contributed by atoms with Crippen LogP contribution in [0.1, 0.15) is 13.8 Å². The minimum absolute atomic E-state index is 0.0221. The molecule has 26 heavy (non-hydrogen) atoms. The average molecular weight is 360 g/mol. The highest BCUT2D eigenvalue weighted by Gasteiger charge is 2.24. The third-order valence-corrected chi connectivity index (χ3v) is 4.40. The Hall–Kier alpha value is -2.29. The van der Waals surface area contributed by atoms with Gasteiger partial charge < -0.3 is 14.4 Å². The number of hydrogen-bond acceptors (Lipinski definition) is 6. The van der Waals surface area contributed by atoms with Gasteiger partial charge in [-0.05, 0) is 13.8 Å². The first kappa shape index (κ1) is 18.5. The van der Waals surface area contributed by atoms with Crippen molar-refractivity contribution in [1.82, 2.24) is 14.5 Å². The Labute approximate surface area is 152 Å². The number of imidazole rings is 1. The summed E-state index contributed by atoms with van der Waals surface area (Å²) in [6, 6.07) is 6.37. The van der Waals surface area contributed by atoms with Crippen molar-refractivity contribution in [1.29, 1.82) is 0 Å². The molecule has 1 saturated heterocycles. The molecule has 3 rings (SSSR count). The molecule has 8 nitrogen and oxygen atoms in total. The van der Waals surface area contributed by atoms with Gasteiger partial charge in [0.05, 0.1) is 29.8 Å². The van der Waals surface area contributed by atoms with E-state index in [-0.39, 0.29) is 17.9 Å². The van der Waals surface area contributed by atoms with Gasteiger partial charge in [-0.15, -0.1) is 0 Å². The van der Waals surface area contributed by atoms with Crippen LogP contribution in [0.4, 0.5) is 5.69 Å². The van der Waals surface area contributed by atoms with Crippen molar-refractivity contribution >= 4 is 5.69 Å². The molecule has 1 aliphatic rings. The second kappa shape index (κ2) is 7.94. The van der Waals surface area contributed by atoms with E-state index >= 15 is 0 Å². The van der Waals surface area contributed by atoms with Gasteiger partial charge in [0, 0.05) is 49.7 Å². The number of nitrogens with zero attached hydrogens (tertiary/aromatic N) is 4. The fraction of sp³-hybridized carbons (Fsp3) is 0.500. The van der Waals surface area contributed by atoms with Crippen LogP contribution in [0.15, 0.2) is 36.7 Å². The van der Waals surface area contributed by atoms with Crippen molar-refractivity contribution in [3.05, 3.63) is 46.8 Å². The molecule has 0 radical (unpaired) electrons. The number of morpholine rings is 1. The Morgan fingerprint density at radius 2 is 2.08 bits per heavy atom. The van der Waals surface area contributed by atoms with Crippen LogP contribution in [0.2, 0.25) is 0 Å². The van der Waals surface area contributed by atoms with Crippen LogP contribution in [0.5, 0.6) is 0 Å². The molecule has 3 atom stereocenters. The first-order valence-corrected chi connectivity index (χ1v) is 8.74. The monoisotopic (exact) mass is 360 g/mol. The van der Waals surface area contributed by atoms with Crippen LogP contribution in [0.25, 0.3) is 11.4 Å². The van der Waals surface area contributed by atoms with Crippen LogP contribution in [0, 0.1) is 10.1 Å². The van der Waals surface area contributed by atoms with Gasteiger partial charge >= 0.3 is 0 Å². The summed E-state index contributed by atoms with van der Waals surface area (Å²) in [5.41, 5.74) is 0.680. The number of ether oxygens (including phenoxy) is 1. The predicted molar refractivity (Wildman–Crippen MR) is 96.8 cm³/mol.